The summed E-state index contributed by atoms with van der Waals surface area (Å²) in [6, 6.07) is 13.2. The Balaban J connectivity index is 1.62. The molecule has 1 saturated heterocycles. The fourth-order valence-corrected chi connectivity index (χ4v) is 3.80. The number of methoxy groups -OCH3 is 1. The smallest absolute Gasteiger partial charge is 0.191 e. The second kappa shape index (κ2) is 10.9. The van der Waals surface area contributed by atoms with E-state index in [-0.39, 0.29) is 12.6 Å². The molecule has 1 atom stereocenters. The highest BCUT2D eigenvalue weighted by Crippen LogP contribution is 2.26. The summed E-state index contributed by atoms with van der Waals surface area (Å²) < 4.78 is 18.9. The molecule has 3 rings (SSSR count). The van der Waals surface area contributed by atoms with E-state index in [1.165, 1.54) is 24.5 Å². The topological polar surface area (TPSA) is 69.1 Å². The van der Waals surface area contributed by atoms with Crippen LogP contribution in [0.3, 0.4) is 0 Å². The Hall–Kier alpha value is -2.64. The molecule has 1 heterocycles. The van der Waals surface area contributed by atoms with Crippen LogP contribution in [0.4, 0.5) is 4.39 Å². The number of ether oxygens (including phenoxy) is 1. The Morgan fingerprint density at radius 1 is 1.17 bits per heavy atom. The molecule has 3 N–H and O–H groups in total. The van der Waals surface area contributed by atoms with E-state index in [1.54, 1.807) is 26.3 Å². The number of likely N-dealkylation sites (tertiary alicyclic amines) is 1. The van der Waals surface area contributed by atoms with Crippen LogP contribution in [0, 0.1) is 5.82 Å². The van der Waals surface area contributed by atoms with Gasteiger partial charge in [0.15, 0.2) is 5.96 Å². The number of guanidine groups is 1. The first kappa shape index (κ1) is 22.1. The maximum absolute atomic E-state index is 13.6. The van der Waals surface area contributed by atoms with Crippen molar-refractivity contribution in [1.82, 2.24) is 15.5 Å². The van der Waals surface area contributed by atoms with Gasteiger partial charge < -0.3 is 20.5 Å². The van der Waals surface area contributed by atoms with Gasteiger partial charge in [-0.05, 0) is 61.3 Å². The van der Waals surface area contributed by atoms with Crippen LogP contribution < -0.4 is 15.4 Å². The van der Waals surface area contributed by atoms with Crippen molar-refractivity contribution < 1.29 is 14.2 Å². The molecule has 0 bridgehead atoms. The number of aliphatic hydroxyl groups excluding tert-OH is 1. The summed E-state index contributed by atoms with van der Waals surface area (Å²) in [5, 5.41) is 15.9. The zero-order valence-corrected chi connectivity index (χ0v) is 17.7. The van der Waals surface area contributed by atoms with Gasteiger partial charge >= 0.3 is 0 Å². The Kier molecular flexibility index (Phi) is 8.04. The van der Waals surface area contributed by atoms with Crippen LogP contribution >= 0.6 is 0 Å². The first-order chi connectivity index (χ1) is 14.6. The predicted molar refractivity (Wildman–Crippen MR) is 117 cm³/mol. The molecular formula is C23H31FN4O2. The van der Waals surface area contributed by atoms with Gasteiger partial charge in [-0.2, -0.15) is 0 Å². The first-order valence-electron chi connectivity index (χ1n) is 10.3. The van der Waals surface area contributed by atoms with Gasteiger partial charge in [-0.15, -0.1) is 0 Å². The molecule has 30 heavy (non-hydrogen) atoms. The number of hydrogen-bond acceptors (Lipinski definition) is 4. The minimum atomic E-state index is -0.392. The molecule has 7 heteroatoms. The van der Waals surface area contributed by atoms with Gasteiger partial charge in [0.1, 0.15) is 11.6 Å². The summed E-state index contributed by atoms with van der Waals surface area (Å²) in [5.74, 6) is 1.14. The number of nitrogens with zero attached hydrogens (tertiary/aromatic N) is 2. The number of benzene rings is 2. The van der Waals surface area contributed by atoms with Crippen molar-refractivity contribution in [2.24, 2.45) is 4.99 Å². The van der Waals surface area contributed by atoms with Crippen LogP contribution in [-0.4, -0.2) is 49.8 Å². The van der Waals surface area contributed by atoms with Gasteiger partial charge in [0.25, 0.3) is 0 Å². The third-order valence-electron chi connectivity index (χ3n) is 5.51. The van der Waals surface area contributed by atoms with E-state index in [9.17, 15) is 9.50 Å². The molecule has 2 aromatic rings. The van der Waals surface area contributed by atoms with Crippen molar-refractivity contribution in [3.8, 4) is 5.75 Å². The third kappa shape index (κ3) is 5.70. The second-order valence-electron chi connectivity index (χ2n) is 7.42. The Bertz CT molecular complexity index is 836. The summed E-state index contributed by atoms with van der Waals surface area (Å²) in [6.07, 6.45) is 2.44. The van der Waals surface area contributed by atoms with Crippen LogP contribution in [0.25, 0.3) is 0 Å². The zero-order chi connectivity index (χ0) is 21.3. The van der Waals surface area contributed by atoms with Crippen molar-refractivity contribution in [2.45, 2.75) is 32.0 Å². The molecule has 0 radical (unpaired) electrons. The molecule has 0 aliphatic carbocycles. The van der Waals surface area contributed by atoms with Gasteiger partial charge in [-0.3, -0.25) is 9.89 Å². The first-order valence-corrected chi connectivity index (χ1v) is 10.3. The van der Waals surface area contributed by atoms with Crippen molar-refractivity contribution >= 4 is 5.96 Å². The standard InChI is InChI=1S/C23H31FN4O2/c1-25-23(26-14-17-5-10-21(24)19(13-17)16-29)27-15-22(28-11-3-4-12-28)18-6-8-20(30-2)9-7-18/h5-10,13,22,29H,3-4,11-12,14-16H2,1-2H3,(H2,25,26,27). The largest absolute Gasteiger partial charge is 0.497 e. The predicted octanol–water partition coefficient (Wildman–Crippen LogP) is 2.83. The second-order valence-corrected chi connectivity index (χ2v) is 7.42. The quantitative estimate of drug-likeness (QED) is 0.458. The van der Waals surface area contributed by atoms with E-state index in [0.29, 0.717) is 18.1 Å². The minimum absolute atomic E-state index is 0.240. The number of hydrogen-bond donors (Lipinski definition) is 3. The molecule has 0 spiro atoms. The lowest BCUT2D eigenvalue weighted by atomic mass is 10.1. The molecule has 1 aliphatic heterocycles. The lowest BCUT2D eigenvalue weighted by molar-refractivity contribution is 0.245. The molecule has 2 aromatic carbocycles. The number of nitrogens with one attached hydrogen (secondary N) is 2. The summed E-state index contributed by atoms with van der Waals surface area (Å²) in [6.45, 7) is 3.07. The average molecular weight is 415 g/mol. The highest BCUT2D eigenvalue weighted by molar-refractivity contribution is 5.79. The molecule has 0 saturated carbocycles. The lowest BCUT2D eigenvalue weighted by Crippen LogP contribution is -2.42. The van der Waals surface area contributed by atoms with Crippen molar-refractivity contribution in [3.05, 3.63) is 65.0 Å². The number of rotatable bonds is 8. The summed E-state index contributed by atoms with van der Waals surface area (Å²) in [5.41, 5.74) is 2.42. The fraction of sp³-hybridized carbons (Fsp3) is 0.435. The molecule has 0 amide bonds. The SMILES string of the molecule is CN=C(NCc1ccc(F)c(CO)c1)NCC(c1ccc(OC)cc1)N1CCCC1. The van der Waals surface area contributed by atoms with Gasteiger partial charge in [-0.25, -0.2) is 4.39 Å². The van der Waals surface area contributed by atoms with Crippen molar-refractivity contribution in [1.29, 1.82) is 0 Å². The monoisotopic (exact) mass is 414 g/mol. The maximum Gasteiger partial charge on any atom is 0.191 e. The molecule has 1 unspecified atom stereocenters. The number of aliphatic hydroxyl groups is 1. The Labute approximate surface area is 177 Å². The third-order valence-corrected chi connectivity index (χ3v) is 5.51. The van der Waals surface area contributed by atoms with Gasteiger partial charge in [-0.1, -0.05) is 18.2 Å². The number of halogens is 1. The molecule has 6 nitrogen and oxygen atoms in total. The van der Waals surface area contributed by atoms with Gasteiger partial charge in [0, 0.05) is 25.7 Å². The molecule has 0 aromatic heterocycles. The molecule has 1 fully saturated rings. The normalized spacial score (nSPS) is 15.8. The molecular weight excluding hydrogens is 383 g/mol. The Morgan fingerprint density at radius 3 is 2.53 bits per heavy atom. The van der Waals surface area contributed by atoms with Crippen molar-refractivity contribution in [3.63, 3.8) is 0 Å². The van der Waals surface area contributed by atoms with Gasteiger partial charge in [0.2, 0.25) is 0 Å². The van der Waals surface area contributed by atoms with E-state index in [1.807, 2.05) is 12.1 Å². The van der Waals surface area contributed by atoms with Crippen molar-refractivity contribution in [2.75, 3.05) is 33.8 Å². The molecule has 1 aliphatic rings. The van der Waals surface area contributed by atoms with Crippen LogP contribution in [0.5, 0.6) is 5.75 Å². The summed E-state index contributed by atoms with van der Waals surface area (Å²) in [7, 11) is 3.41. The lowest BCUT2D eigenvalue weighted by Gasteiger charge is -2.29. The van der Waals surface area contributed by atoms with E-state index in [4.69, 9.17) is 4.74 Å². The Morgan fingerprint density at radius 2 is 1.90 bits per heavy atom. The average Bonchev–Trinajstić information content (AvgIpc) is 3.32. The van der Waals surface area contributed by atoms with Crippen LogP contribution in [0.1, 0.15) is 35.6 Å². The minimum Gasteiger partial charge on any atom is -0.497 e. The van der Waals surface area contributed by atoms with E-state index >= 15 is 0 Å². The van der Waals surface area contributed by atoms with Crippen LogP contribution in [0.2, 0.25) is 0 Å². The van der Waals surface area contributed by atoms with Crippen LogP contribution in [0.15, 0.2) is 47.5 Å². The van der Waals surface area contributed by atoms with Crippen LogP contribution in [-0.2, 0) is 13.2 Å². The summed E-state index contributed by atoms with van der Waals surface area (Å²) in [4.78, 5) is 6.81. The number of aliphatic imine (C=N–C) groups is 1. The molecule has 162 valence electrons. The highest BCUT2D eigenvalue weighted by Gasteiger charge is 2.23. The summed E-state index contributed by atoms with van der Waals surface area (Å²) >= 11 is 0. The zero-order valence-electron chi connectivity index (χ0n) is 17.7. The highest BCUT2D eigenvalue weighted by atomic mass is 19.1. The maximum atomic E-state index is 13.6. The van der Waals surface area contributed by atoms with E-state index < -0.39 is 5.82 Å². The van der Waals surface area contributed by atoms with Gasteiger partial charge in [0.05, 0.1) is 19.8 Å². The fourth-order valence-electron chi connectivity index (χ4n) is 3.80. The van der Waals surface area contributed by atoms with E-state index in [0.717, 1.165) is 30.9 Å². The van der Waals surface area contributed by atoms with E-state index in [2.05, 4.69) is 32.7 Å².